The van der Waals surface area contributed by atoms with E-state index in [9.17, 15) is 4.79 Å². The highest BCUT2D eigenvalue weighted by Crippen LogP contribution is 2.26. The monoisotopic (exact) mass is 351 g/mol. The van der Waals surface area contributed by atoms with Crippen molar-refractivity contribution in [3.05, 3.63) is 72.0 Å². The van der Waals surface area contributed by atoms with Gasteiger partial charge in [0.25, 0.3) is 5.91 Å². The zero-order valence-electron chi connectivity index (χ0n) is 14.6. The number of nitrogens with zero attached hydrogens (tertiary/aromatic N) is 4. The Bertz CT molecular complexity index is 873. The average molecular weight is 351 g/mol. The number of amides is 1. The van der Waals surface area contributed by atoms with Crippen LogP contribution >= 0.6 is 0 Å². The summed E-state index contributed by atoms with van der Waals surface area (Å²) < 4.78 is 7.52. The summed E-state index contributed by atoms with van der Waals surface area (Å²) in [6, 6.07) is 7.78. The molecule has 7 nitrogen and oxygen atoms in total. The number of carbonyl (C=O) groups is 1. The molecule has 1 amide bonds. The Balaban J connectivity index is 1.43. The van der Waals surface area contributed by atoms with Crippen LogP contribution in [0.5, 0.6) is 0 Å². The van der Waals surface area contributed by atoms with Gasteiger partial charge in [-0.15, -0.1) is 0 Å². The first-order valence-electron chi connectivity index (χ1n) is 8.71. The lowest BCUT2D eigenvalue weighted by atomic mass is 10.2. The van der Waals surface area contributed by atoms with Crippen molar-refractivity contribution in [3.8, 4) is 0 Å². The number of rotatable bonds is 5. The minimum Gasteiger partial charge on any atom is -0.468 e. The van der Waals surface area contributed by atoms with Gasteiger partial charge >= 0.3 is 0 Å². The molecule has 1 N–H and O–H groups in total. The fourth-order valence-corrected chi connectivity index (χ4v) is 3.24. The Labute approximate surface area is 151 Å². The van der Waals surface area contributed by atoms with Crippen LogP contribution in [0.2, 0.25) is 0 Å². The van der Waals surface area contributed by atoms with Crippen molar-refractivity contribution in [1.82, 2.24) is 24.8 Å². The lowest BCUT2D eigenvalue weighted by Gasteiger charge is -2.32. The van der Waals surface area contributed by atoms with E-state index in [4.69, 9.17) is 4.42 Å². The summed E-state index contributed by atoms with van der Waals surface area (Å²) in [7, 11) is 0. The van der Waals surface area contributed by atoms with E-state index in [0.717, 1.165) is 36.8 Å². The summed E-state index contributed by atoms with van der Waals surface area (Å²) in [6.07, 6.45) is 6.99. The number of hydrogen-bond acceptors (Lipinski definition) is 5. The van der Waals surface area contributed by atoms with Crippen molar-refractivity contribution in [1.29, 1.82) is 0 Å². The fraction of sp³-hybridized carbons (Fsp3) is 0.316. The zero-order chi connectivity index (χ0) is 17.9. The van der Waals surface area contributed by atoms with E-state index in [0.29, 0.717) is 12.2 Å². The van der Waals surface area contributed by atoms with Crippen molar-refractivity contribution in [2.24, 2.45) is 0 Å². The van der Waals surface area contributed by atoms with Crippen molar-refractivity contribution in [3.63, 3.8) is 0 Å². The molecule has 7 heteroatoms. The van der Waals surface area contributed by atoms with Gasteiger partial charge in [0.2, 0.25) is 0 Å². The van der Waals surface area contributed by atoms with Crippen molar-refractivity contribution < 1.29 is 9.21 Å². The third-order valence-electron chi connectivity index (χ3n) is 4.70. The number of pyridine rings is 1. The molecule has 1 aliphatic rings. The number of furan rings is 1. The minimum absolute atomic E-state index is 0.119. The predicted octanol–water partition coefficient (Wildman–Crippen LogP) is 2.38. The van der Waals surface area contributed by atoms with Crippen LogP contribution in [0, 0.1) is 0 Å². The maximum Gasteiger partial charge on any atom is 0.271 e. The van der Waals surface area contributed by atoms with E-state index < -0.39 is 0 Å². The molecule has 3 aromatic rings. The van der Waals surface area contributed by atoms with Gasteiger partial charge in [0, 0.05) is 38.2 Å². The van der Waals surface area contributed by atoms with Crippen LogP contribution in [0.3, 0.4) is 0 Å². The molecule has 0 aliphatic carbocycles. The number of carbonyl (C=O) groups excluding carboxylic acids is 1. The summed E-state index contributed by atoms with van der Waals surface area (Å²) in [5.74, 6) is 1.68. The fourth-order valence-electron chi connectivity index (χ4n) is 3.24. The minimum atomic E-state index is -0.166. The quantitative estimate of drug-likeness (QED) is 0.764. The van der Waals surface area contributed by atoms with Crippen LogP contribution in [0.25, 0.3) is 0 Å². The molecule has 134 valence electrons. The Morgan fingerprint density at radius 3 is 3.04 bits per heavy atom. The summed E-state index contributed by atoms with van der Waals surface area (Å²) >= 11 is 0. The van der Waals surface area contributed by atoms with Gasteiger partial charge in [-0.2, -0.15) is 0 Å². The Kier molecular flexibility index (Phi) is 4.53. The Morgan fingerprint density at radius 1 is 1.35 bits per heavy atom. The van der Waals surface area contributed by atoms with Crippen molar-refractivity contribution in [2.45, 2.75) is 32.6 Å². The highest BCUT2D eigenvalue weighted by molar-refractivity contribution is 5.92. The third kappa shape index (κ3) is 3.39. The SMILES string of the molecule is CC1c2nc(C(=O)NCc3cccnc3)cn2CCN1Cc1ccco1. The molecule has 4 heterocycles. The number of aromatic nitrogens is 3. The number of hydrogen-bond donors (Lipinski definition) is 1. The third-order valence-corrected chi connectivity index (χ3v) is 4.70. The predicted molar refractivity (Wildman–Crippen MR) is 95.2 cm³/mol. The highest BCUT2D eigenvalue weighted by atomic mass is 16.3. The molecule has 1 atom stereocenters. The molecule has 0 fully saturated rings. The van der Waals surface area contributed by atoms with Crippen molar-refractivity contribution >= 4 is 5.91 Å². The van der Waals surface area contributed by atoms with E-state index in [-0.39, 0.29) is 11.9 Å². The van der Waals surface area contributed by atoms with Crippen LogP contribution in [0.15, 0.2) is 53.5 Å². The molecule has 0 bridgehead atoms. The molecule has 0 saturated carbocycles. The van der Waals surface area contributed by atoms with Gasteiger partial charge in [0.05, 0.1) is 18.8 Å². The number of imidazole rings is 1. The number of fused-ring (bicyclic) bond motifs is 1. The van der Waals surface area contributed by atoms with Gasteiger partial charge < -0.3 is 14.3 Å². The van der Waals surface area contributed by atoms with Crippen molar-refractivity contribution in [2.75, 3.05) is 6.54 Å². The molecule has 1 aliphatic heterocycles. The summed E-state index contributed by atoms with van der Waals surface area (Å²) in [5.41, 5.74) is 1.42. The topological polar surface area (TPSA) is 76.2 Å². The molecular weight excluding hydrogens is 330 g/mol. The van der Waals surface area contributed by atoms with E-state index in [1.54, 1.807) is 18.7 Å². The van der Waals surface area contributed by atoms with Crippen LogP contribution in [0.1, 0.15) is 40.6 Å². The molecule has 0 saturated heterocycles. The van der Waals surface area contributed by atoms with Gasteiger partial charge in [-0.3, -0.25) is 14.7 Å². The second-order valence-corrected chi connectivity index (χ2v) is 6.45. The van der Waals surface area contributed by atoms with Gasteiger partial charge in [-0.05, 0) is 30.7 Å². The van der Waals surface area contributed by atoms with E-state index in [1.165, 1.54) is 0 Å². The van der Waals surface area contributed by atoms with E-state index in [2.05, 4.69) is 31.7 Å². The summed E-state index contributed by atoms with van der Waals surface area (Å²) in [4.78, 5) is 23.4. The Hall–Kier alpha value is -2.93. The first kappa shape index (κ1) is 16.5. The normalized spacial score (nSPS) is 17.0. The summed E-state index contributed by atoms with van der Waals surface area (Å²) in [6.45, 7) is 4.99. The molecular formula is C19H21N5O2. The highest BCUT2D eigenvalue weighted by Gasteiger charge is 2.28. The standard InChI is InChI=1S/C19H21N5O2/c1-14-18-22-17(19(25)21-11-15-4-2-6-20-10-15)13-24(18)8-7-23(14)12-16-5-3-9-26-16/h2-6,9-10,13-14H,7-8,11-12H2,1H3,(H,21,25). The van der Waals surface area contributed by atoms with Crippen LogP contribution in [-0.4, -0.2) is 31.9 Å². The largest absolute Gasteiger partial charge is 0.468 e. The second-order valence-electron chi connectivity index (χ2n) is 6.45. The van der Waals surface area contributed by atoms with E-state index >= 15 is 0 Å². The maximum absolute atomic E-state index is 12.4. The molecule has 0 spiro atoms. The van der Waals surface area contributed by atoms with Gasteiger partial charge in [0.15, 0.2) is 0 Å². The zero-order valence-corrected chi connectivity index (χ0v) is 14.6. The molecule has 26 heavy (non-hydrogen) atoms. The first-order valence-corrected chi connectivity index (χ1v) is 8.71. The smallest absolute Gasteiger partial charge is 0.271 e. The second kappa shape index (κ2) is 7.13. The summed E-state index contributed by atoms with van der Waals surface area (Å²) in [5, 5.41) is 2.90. The number of nitrogens with one attached hydrogen (secondary N) is 1. The van der Waals surface area contributed by atoms with Crippen LogP contribution in [-0.2, 0) is 19.6 Å². The van der Waals surface area contributed by atoms with Crippen LogP contribution in [0.4, 0.5) is 0 Å². The first-order chi connectivity index (χ1) is 12.7. The molecule has 3 aromatic heterocycles. The molecule has 1 unspecified atom stereocenters. The average Bonchev–Trinajstić information content (AvgIpc) is 3.33. The van der Waals surface area contributed by atoms with Gasteiger partial charge in [0.1, 0.15) is 17.3 Å². The van der Waals surface area contributed by atoms with Gasteiger partial charge in [-0.1, -0.05) is 6.07 Å². The van der Waals surface area contributed by atoms with E-state index in [1.807, 2.05) is 30.5 Å². The van der Waals surface area contributed by atoms with Gasteiger partial charge in [-0.25, -0.2) is 4.98 Å². The lowest BCUT2D eigenvalue weighted by Crippen LogP contribution is -2.36. The molecule has 4 rings (SSSR count). The Morgan fingerprint density at radius 2 is 2.27 bits per heavy atom. The maximum atomic E-state index is 12.4. The molecule has 0 aromatic carbocycles. The molecule has 0 radical (unpaired) electrons. The lowest BCUT2D eigenvalue weighted by molar-refractivity contribution is 0.0946. The van der Waals surface area contributed by atoms with Crippen LogP contribution < -0.4 is 5.32 Å².